The lowest BCUT2D eigenvalue weighted by atomic mass is 10.2. The number of nitrogens with zero attached hydrogens (tertiary/aromatic N) is 3. The van der Waals surface area contributed by atoms with Crippen LogP contribution in [0.5, 0.6) is 5.75 Å². The van der Waals surface area contributed by atoms with E-state index in [9.17, 15) is 4.79 Å². The molecule has 7 nitrogen and oxygen atoms in total. The number of hydrogen-bond donors (Lipinski definition) is 1. The van der Waals surface area contributed by atoms with Crippen molar-refractivity contribution < 1.29 is 14.1 Å². The third-order valence-corrected chi connectivity index (χ3v) is 4.91. The third-order valence-electron chi connectivity index (χ3n) is 4.68. The Kier molecular flexibility index (Phi) is 5.16. The van der Waals surface area contributed by atoms with Gasteiger partial charge in [-0.15, -0.1) is 0 Å². The molecule has 0 aliphatic carbocycles. The number of carbonyl (C=O) groups is 1. The predicted molar refractivity (Wildman–Crippen MR) is 105 cm³/mol. The lowest BCUT2D eigenvalue weighted by Gasteiger charge is -2.23. The second-order valence-electron chi connectivity index (χ2n) is 6.45. The highest BCUT2D eigenvalue weighted by molar-refractivity contribution is 6.31. The molecule has 3 aromatic rings. The van der Waals surface area contributed by atoms with Crippen LogP contribution in [0, 0.1) is 0 Å². The molecular formula is C20H19ClN4O3. The Hall–Kier alpha value is -3.06. The average molecular weight is 399 g/mol. The van der Waals surface area contributed by atoms with Gasteiger partial charge in [-0.2, -0.15) is 4.98 Å². The van der Waals surface area contributed by atoms with Crippen molar-refractivity contribution in [3.05, 3.63) is 59.4 Å². The van der Waals surface area contributed by atoms with E-state index < -0.39 is 0 Å². The molecule has 1 saturated heterocycles. The van der Waals surface area contributed by atoms with Gasteiger partial charge in [0.25, 0.3) is 0 Å². The van der Waals surface area contributed by atoms with E-state index in [4.69, 9.17) is 20.9 Å². The first-order valence-electron chi connectivity index (χ1n) is 8.96. The number of anilines is 1. The molecule has 1 aromatic heterocycles. The number of rotatable bonds is 4. The van der Waals surface area contributed by atoms with Crippen LogP contribution >= 0.6 is 11.6 Å². The van der Waals surface area contributed by atoms with Crippen molar-refractivity contribution in [2.45, 2.75) is 18.9 Å². The maximum atomic E-state index is 12.9. The Balaban J connectivity index is 1.53. The van der Waals surface area contributed by atoms with Gasteiger partial charge in [-0.25, -0.2) is 4.79 Å². The van der Waals surface area contributed by atoms with Gasteiger partial charge in [-0.3, -0.25) is 0 Å². The molecule has 1 aliphatic rings. The number of nitrogens with one attached hydrogen (secondary N) is 1. The standard InChI is InChI=1S/C20H19ClN4O3/c1-27-17-10-9-14(21)12-15(17)22-20(26)25-11-5-8-16(25)19-23-18(24-28-19)13-6-3-2-4-7-13/h2-4,6-7,9-10,12,16H,5,8,11H2,1H3,(H,22,26)/t16-/m1/s1. The molecule has 1 aliphatic heterocycles. The van der Waals surface area contributed by atoms with Gasteiger partial charge < -0.3 is 19.5 Å². The number of amides is 2. The molecule has 2 aromatic carbocycles. The number of aromatic nitrogens is 2. The maximum absolute atomic E-state index is 12.9. The van der Waals surface area contributed by atoms with E-state index in [1.807, 2.05) is 30.3 Å². The number of urea groups is 1. The summed E-state index contributed by atoms with van der Waals surface area (Å²) in [6.07, 6.45) is 1.62. The van der Waals surface area contributed by atoms with Crippen molar-refractivity contribution in [3.63, 3.8) is 0 Å². The lowest BCUT2D eigenvalue weighted by molar-refractivity contribution is 0.193. The smallest absolute Gasteiger partial charge is 0.322 e. The number of benzene rings is 2. The predicted octanol–water partition coefficient (Wildman–Crippen LogP) is 4.77. The van der Waals surface area contributed by atoms with Crippen molar-refractivity contribution in [2.24, 2.45) is 0 Å². The summed E-state index contributed by atoms with van der Waals surface area (Å²) >= 11 is 6.05. The fraction of sp³-hybridized carbons (Fsp3) is 0.250. The normalized spacial score (nSPS) is 16.2. The van der Waals surface area contributed by atoms with Gasteiger partial charge in [-0.05, 0) is 31.0 Å². The zero-order valence-electron chi connectivity index (χ0n) is 15.3. The highest BCUT2D eigenvalue weighted by Crippen LogP contribution is 2.34. The summed E-state index contributed by atoms with van der Waals surface area (Å²) < 4.78 is 10.8. The van der Waals surface area contributed by atoms with E-state index in [2.05, 4.69) is 15.5 Å². The first-order chi connectivity index (χ1) is 13.7. The minimum absolute atomic E-state index is 0.262. The van der Waals surface area contributed by atoms with Crippen LogP contribution in [0.4, 0.5) is 10.5 Å². The van der Waals surface area contributed by atoms with Crippen molar-refractivity contribution in [1.29, 1.82) is 0 Å². The van der Waals surface area contributed by atoms with E-state index in [-0.39, 0.29) is 12.1 Å². The average Bonchev–Trinajstić information content (AvgIpc) is 3.38. The van der Waals surface area contributed by atoms with Crippen LogP contribution in [-0.2, 0) is 0 Å². The zero-order chi connectivity index (χ0) is 19.5. The Morgan fingerprint density at radius 3 is 2.89 bits per heavy atom. The highest BCUT2D eigenvalue weighted by Gasteiger charge is 2.34. The van der Waals surface area contributed by atoms with Gasteiger partial charge >= 0.3 is 6.03 Å². The van der Waals surface area contributed by atoms with Crippen LogP contribution in [0.2, 0.25) is 5.02 Å². The monoisotopic (exact) mass is 398 g/mol. The van der Waals surface area contributed by atoms with Gasteiger partial charge in [0.1, 0.15) is 11.8 Å². The van der Waals surface area contributed by atoms with Crippen LogP contribution in [0.3, 0.4) is 0 Å². The topological polar surface area (TPSA) is 80.5 Å². The molecule has 0 saturated carbocycles. The van der Waals surface area contributed by atoms with Crippen molar-refractivity contribution in [3.8, 4) is 17.1 Å². The number of halogens is 1. The number of carbonyl (C=O) groups excluding carboxylic acids is 1. The summed E-state index contributed by atoms with van der Waals surface area (Å²) in [5, 5.41) is 7.45. The Morgan fingerprint density at radius 2 is 2.11 bits per heavy atom. The van der Waals surface area contributed by atoms with E-state index >= 15 is 0 Å². The molecule has 0 spiro atoms. The van der Waals surface area contributed by atoms with E-state index in [1.165, 1.54) is 0 Å². The van der Waals surface area contributed by atoms with E-state index in [1.54, 1.807) is 30.2 Å². The van der Waals surface area contributed by atoms with Crippen LogP contribution < -0.4 is 10.1 Å². The van der Waals surface area contributed by atoms with Gasteiger partial charge in [0, 0.05) is 17.1 Å². The van der Waals surface area contributed by atoms with Crippen molar-refractivity contribution in [1.82, 2.24) is 15.0 Å². The maximum Gasteiger partial charge on any atom is 0.322 e. The molecule has 0 radical (unpaired) electrons. The fourth-order valence-corrected chi connectivity index (χ4v) is 3.48. The van der Waals surface area contributed by atoms with Gasteiger partial charge in [0.05, 0.1) is 12.8 Å². The van der Waals surface area contributed by atoms with Crippen LogP contribution in [0.15, 0.2) is 53.1 Å². The summed E-state index contributed by atoms with van der Waals surface area (Å²) in [5.41, 5.74) is 1.39. The highest BCUT2D eigenvalue weighted by atomic mass is 35.5. The molecule has 1 atom stereocenters. The Labute approximate surface area is 167 Å². The Bertz CT molecular complexity index is 977. The molecule has 1 fully saturated rings. The molecule has 0 unspecified atom stereocenters. The van der Waals surface area contributed by atoms with Crippen LogP contribution in [-0.4, -0.2) is 34.7 Å². The molecule has 28 heavy (non-hydrogen) atoms. The second-order valence-corrected chi connectivity index (χ2v) is 6.88. The summed E-state index contributed by atoms with van der Waals surface area (Å²) in [5.74, 6) is 1.49. The van der Waals surface area contributed by atoms with Crippen LogP contribution in [0.1, 0.15) is 24.8 Å². The number of ether oxygens (including phenoxy) is 1. The first kappa shape index (κ1) is 18.3. The van der Waals surface area contributed by atoms with Crippen molar-refractivity contribution >= 4 is 23.3 Å². The van der Waals surface area contributed by atoms with E-state index in [0.717, 1.165) is 18.4 Å². The molecule has 4 rings (SSSR count). The fourth-order valence-electron chi connectivity index (χ4n) is 3.31. The summed E-state index contributed by atoms with van der Waals surface area (Å²) in [6.45, 7) is 0.600. The van der Waals surface area contributed by atoms with Gasteiger partial charge in [-0.1, -0.05) is 47.1 Å². The summed E-state index contributed by atoms with van der Waals surface area (Å²) in [7, 11) is 1.54. The minimum atomic E-state index is -0.268. The molecular weight excluding hydrogens is 380 g/mol. The zero-order valence-corrected chi connectivity index (χ0v) is 16.0. The molecule has 2 amide bonds. The SMILES string of the molecule is COc1ccc(Cl)cc1NC(=O)N1CCC[C@@H]1c1nc(-c2ccccc2)no1. The molecule has 2 heterocycles. The third kappa shape index (κ3) is 3.66. The summed E-state index contributed by atoms with van der Waals surface area (Å²) in [4.78, 5) is 19.1. The largest absolute Gasteiger partial charge is 0.495 e. The number of likely N-dealkylation sites (tertiary alicyclic amines) is 1. The Morgan fingerprint density at radius 1 is 1.29 bits per heavy atom. The van der Waals surface area contributed by atoms with Crippen molar-refractivity contribution in [2.75, 3.05) is 19.0 Å². The lowest BCUT2D eigenvalue weighted by Crippen LogP contribution is -2.34. The van der Waals surface area contributed by atoms with Gasteiger partial charge in [0.15, 0.2) is 0 Å². The minimum Gasteiger partial charge on any atom is -0.495 e. The van der Waals surface area contributed by atoms with Gasteiger partial charge in [0.2, 0.25) is 11.7 Å². The second kappa shape index (κ2) is 7.90. The number of hydrogen-bond acceptors (Lipinski definition) is 5. The molecule has 1 N–H and O–H groups in total. The quantitative estimate of drug-likeness (QED) is 0.684. The van der Waals surface area contributed by atoms with E-state index in [0.29, 0.717) is 34.7 Å². The van der Waals surface area contributed by atoms with Crippen LogP contribution in [0.25, 0.3) is 11.4 Å². The molecule has 144 valence electrons. The number of methoxy groups -OCH3 is 1. The first-order valence-corrected chi connectivity index (χ1v) is 9.33. The summed E-state index contributed by atoms with van der Waals surface area (Å²) in [6, 6.07) is 14.1. The molecule has 8 heteroatoms. The molecule has 0 bridgehead atoms.